The summed E-state index contributed by atoms with van der Waals surface area (Å²) < 4.78 is 0. The Morgan fingerprint density at radius 1 is 1.33 bits per heavy atom. The summed E-state index contributed by atoms with van der Waals surface area (Å²) in [6.45, 7) is 0. The van der Waals surface area contributed by atoms with Crippen molar-refractivity contribution in [3.8, 4) is 0 Å². The smallest absolute Gasteiger partial charge is 0.253 e. The van der Waals surface area contributed by atoms with E-state index in [2.05, 4.69) is 10.3 Å². The minimum Gasteiger partial charge on any atom is -0.382 e. The molecule has 1 amide bonds. The van der Waals surface area contributed by atoms with E-state index in [1.807, 2.05) is 0 Å². The first-order valence-electron chi connectivity index (χ1n) is 6.38. The van der Waals surface area contributed by atoms with Crippen molar-refractivity contribution in [3.63, 3.8) is 0 Å². The summed E-state index contributed by atoms with van der Waals surface area (Å²) in [6, 6.07) is 1.84. The fourth-order valence-corrected chi connectivity index (χ4v) is 2.43. The van der Waals surface area contributed by atoms with Crippen LogP contribution in [0.25, 0.3) is 0 Å². The molecule has 0 spiro atoms. The van der Waals surface area contributed by atoms with Gasteiger partial charge in [-0.05, 0) is 18.9 Å². The van der Waals surface area contributed by atoms with Crippen molar-refractivity contribution >= 4 is 23.3 Å². The van der Waals surface area contributed by atoms with Gasteiger partial charge in [0.2, 0.25) is 0 Å². The predicted molar refractivity (Wildman–Crippen MR) is 72.6 cm³/mol. The van der Waals surface area contributed by atoms with Gasteiger partial charge in [-0.25, -0.2) is 4.98 Å². The summed E-state index contributed by atoms with van der Waals surface area (Å²) in [4.78, 5) is 15.9. The molecule has 3 N–H and O–H groups in total. The Morgan fingerprint density at radius 2 is 2.00 bits per heavy atom. The van der Waals surface area contributed by atoms with Gasteiger partial charge in [0.15, 0.2) is 0 Å². The Balaban J connectivity index is 1.99. The maximum absolute atomic E-state index is 12.0. The Labute approximate surface area is 112 Å². The molecule has 18 heavy (non-hydrogen) atoms. The lowest BCUT2D eigenvalue weighted by Crippen LogP contribution is -2.34. The number of aromatic nitrogens is 1. The van der Waals surface area contributed by atoms with Gasteiger partial charge in [0.1, 0.15) is 5.82 Å². The molecule has 0 radical (unpaired) electrons. The minimum atomic E-state index is -0.115. The van der Waals surface area contributed by atoms with Gasteiger partial charge in [-0.2, -0.15) is 0 Å². The first kappa shape index (κ1) is 13.1. The van der Waals surface area contributed by atoms with Crippen molar-refractivity contribution in [1.82, 2.24) is 10.3 Å². The summed E-state index contributed by atoms with van der Waals surface area (Å²) in [6.07, 6.45) is 8.48. The first-order chi connectivity index (χ1) is 8.66. The number of amides is 1. The van der Waals surface area contributed by atoms with E-state index in [1.54, 1.807) is 6.07 Å². The minimum absolute atomic E-state index is 0.115. The Bertz CT molecular complexity index is 428. The third-order valence-electron chi connectivity index (χ3n) is 3.32. The van der Waals surface area contributed by atoms with Crippen LogP contribution in [-0.2, 0) is 0 Å². The van der Waals surface area contributed by atoms with Crippen LogP contribution in [0.5, 0.6) is 0 Å². The summed E-state index contributed by atoms with van der Waals surface area (Å²) >= 11 is 5.86. The largest absolute Gasteiger partial charge is 0.382 e. The highest BCUT2D eigenvalue weighted by Crippen LogP contribution is 2.19. The second-order valence-electron chi connectivity index (χ2n) is 4.75. The van der Waals surface area contributed by atoms with Crippen molar-refractivity contribution in [3.05, 3.63) is 22.8 Å². The number of nitrogens with two attached hydrogens (primary N) is 1. The zero-order chi connectivity index (χ0) is 13.0. The molecule has 98 valence electrons. The van der Waals surface area contributed by atoms with Gasteiger partial charge < -0.3 is 11.1 Å². The molecular formula is C13H18ClN3O. The third-order valence-corrected chi connectivity index (χ3v) is 3.62. The average molecular weight is 268 g/mol. The molecular weight excluding hydrogens is 250 g/mol. The molecule has 1 aliphatic rings. The van der Waals surface area contributed by atoms with Crippen molar-refractivity contribution in [2.45, 2.75) is 44.6 Å². The number of nitrogens with one attached hydrogen (secondary N) is 1. The van der Waals surface area contributed by atoms with Crippen LogP contribution in [0.4, 0.5) is 5.82 Å². The lowest BCUT2D eigenvalue weighted by Gasteiger charge is -2.16. The number of hydrogen-bond acceptors (Lipinski definition) is 3. The standard InChI is InChI=1S/C13H18ClN3O/c14-11-7-9(8-16-12(11)15)13(18)17-10-5-3-1-2-4-6-10/h7-8,10H,1-6H2,(H2,15,16)(H,17,18). The van der Waals surface area contributed by atoms with Gasteiger partial charge in [0, 0.05) is 12.2 Å². The third kappa shape index (κ3) is 3.35. The molecule has 4 nitrogen and oxygen atoms in total. The zero-order valence-corrected chi connectivity index (χ0v) is 11.0. The Hall–Kier alpha value is -1.29. The van der Waals surface area contributed by atoms with Gasteiger partial charge >= 0.3 is 0 Å². The molecule has 5 heteroatoms. The first-order valence-corrected chi connectivity index (χ1v) is 6.76. The van der Waals surface area contributed by atoms with E-state index in [1.165, 1.54) is 31.9 Å². The number of carbonyl (C=O) groups is 1. The van der Waals surface area contributed by atoms with Crippen LogP contribution in [-0.4, -0.2) is 16.9 Å². The maximum Gasteiger partial charge on any atom is 0.253 e. The molecule has 1 saturated carbocycles. The van der Waals surface area contributed by atoms with Crippen LogP contribution in [0.15, 0.2) is 12.3 Å². The number of rotatable bonds is 2. The molecule has 0 aromatic carbocycles. The lowest BCUT2D eigenvalue weighted by molar-refractivity contribution is 0.0933. The van der Waals surface area contributed by atoms with Crippen molar-refractivity contribution in [1.29, 1.82) is 0 Å². The van der Waals surface area contributed by atoms with Gasteiger partial charge in [-0.15, -0.1) is 0 Å². The molecule has 0 atom stereocenters. The Kier molecular flexibility index (Phi) is 4.42. The summed E-state index contributed by atoms with van der Waals surface area (Å²) in [5.41, 5.74) is 5.99. The fraction of sp³-hybridized carbons (Fsp3) is 0.538. The molecule has 0 bridgehead atoms. The summed E-state index contributed by atoms with van der Waals surface area (Å²) in [5, 5.41) is 3.37. The van der Waals surface area contributed by atoms with E-state index in [4.69, 9.17) is 17.3 Å². The quantitative estimate of drug-likeness (QED) is 0.810. The van der Waals surface area contributed by atoms with E-state index in [-0.39, 0.29) is 17.8 Å². The van der Waals surface area contributed by atoms with Crippen LogP contribution < -0.4 is 11.1 Å². The lowest BCUT2D eigenvalue weighted by atomic mass is 10.1. The molecule has 1 heterocycles. The molecule has 0 unspecified atom stereocenters. The van der Waals surface area contributed by atoms with E-state index in [9.17, 15) is 4.79 Å². The topological polar surface area (TPSA) is 68.0 Å². The van der Waals surface area contributed by atoms with Crippen molar-refractivity contribution in [2.24, 2.45) is 0 Å². The van der Waals surface area contributed by atoms with Gasteiger partial charge in [-0.1, -0.05) is 37.3 Å². The molecule has 1 aromatic heterocycles. The van der Waals surface area contributed by atoms with Crippen LogP contribution in [0.1, 0.15) is 48.9 Å². The number of carbonyl (C=O) groups excluding carboxylic acids is 1. The SMILES string of the molecule is Nc1ncc(C(=O)NC2CCCCCC2)cc1Cl. The van der Waals surface area contributed by atoms with E-state index in [0.717, 1.165) is 12.8 Å². The number of anilines is 1. The predicted octanol–water partition coefficient (Wildman–Crippen LogP) is 2.77. The molecule has 0 saturated heterocycles. The highest BCUT2D eigenvalue weighted by atomic mass is 35.5. The van der Waals surface area contributed by atoms with E-state index in [0.29, 0.717) is 10.6 Å². The van der Waals surface area contributed by atoms with Crippen molar-refractivity contribution in [2.75, 3.05) is 5.73 Å². The zero-order valence-electron chi connectivity index (χ0n) is 10.3. The van der Waals surface area contributed by atoms with Gasteiger partial charge in [0.05, 0.1) is 10.6 Å². The number of nitrogens with zero attached hydrogens (tertiary/aromatic N) is 1. The summed E-state index contributed by atoms with van der Waals surface area (Å²) in [7, 11) is 0. The van der Waals surface area contributed by atoms with Crippen molar-refractivity contribution < 1.29 is 4.79 Å². The fourth-order valence-electron chi connectivity index (χ4n) is 2.27. The maximum atomic E-state index is 12.0. The highest BCUT2D eigenvalue weighted by Gasteiger charge is 2.16. The van der Waals surface area contributed by atoms with Gasteiger partial charge in [0.25, 0.3) is 5.91 Å². The average Bonchev–Trinajstić information content (AvgIpc) is 2.61. The normalized spacial score (nSPS) is 17.2. The number of pyridine rings is 1. The van der Waals surface area contributed by atoms with Crippen LogP contribution in [0.2, 0.25) is 5.02 Å². The molecule has 1 fully saturated rings. The second-order valence-corrected chi connectivity index (χ2v) is 5.16. The van der Waals surface area contributed by atoms with Crippen LogP contribution in [0.3, 0.4) is 0 Å². The Morgan fingerprint density at radius 3 is 2.61 bits per heavy atom. The molecule has 1 aliphatic carbocycles. The molecule has 0 aliphatic heterocycles. The van der Waals surface area contributed by atoms with Gasteiger partial charge in [-0.3, -0.25) is 4.79 Å². The number of halogens is 1. The number of hydrogen-bond donors (Lipinski definition) is 2. The highest BCUT2D eigenvalue weighted by molar-refractivity contribution is 6.33. The van der Waals surface area contributed by atoms with E-state index >= 15 is 0 Å². The molecule has 2 rings (SSSR count). The monoisotopic (exact) mass is 267 g/mol. The molecule has 1 aromatic rings. The van der Waals surface area contributed by atoms with Crippen LogP contribution in [0, 0.1) is 0 Å². The summed E-state index contributed by atoms with van der Waals surface area (Å²) in [5.74, 6) is 0.138. The number of nitrogen functional groups attached to an aromatic ring is 1. The second kappa shape index (κ2) is 6.05. The van der Waals surface area contributed by atoms with Crippen LogP contribution >= 0.6 is 11.6 Å². The van der Waals surface area contributed by atoms with E-state index < -0.39 is 0 Å².